The molecule has 0 N–H and O–H groups in total. The van der Waals surface area contributed by atoms with Gasteiger partial charge in [0.25, 0.3) is 0 Å². The molecule has 0 amide bonds. The SMILES string of the molecule is CCCCCCCCCCCC.O=S(=O)([O-])[O-].[Li+].[Li+]. The van der Waals surface area contributed by atoms with E-state index < -0.39 is 10.4 Å². The molecule has 0 radical (unpaired) electrons. The van der Waals surface area contributed by atoms with Gasteiger partial charge in [0.05, 0.1) is 0 Å². The zero-order valence-electron chi connectivity index (χ0n) is 13.1. The van der Waals surface area contributed by atoms with Crippen LogP contribution in [0.3, 0.4) is 0 Å². The molecule has 0 heterocycles. The van der Waals surface area contributed by atoms with Crippen molar-refractivity contribution < 1.29 is 55.2 Å². The Labute approximate surface area is 143 Å². The maximum atomic E-state index is 8.52. The first kappa shape index (κ1) is 28.3. The van der Waals surface area contributed by atoms with Crippen LogP contribution in [-0.4, -0.2) is 17.5 Å². The Morgan fingerprint density at radius 2 is 0.789 bits per heavy atom. The van der Waals surface area contributed by atoms with E-state index in [-0.39, 0.29) is 37.7 Å². The van der Waals surface area contributed by atoms with Crippen LogP contribution in [0.25, 0.3) is 0 Å². The second-order valence-corrected chi connectivity index (χ2v) is 5.05. The zero-order valence-corrected chi connectivity index (χ0v) is 13.9. The van der Waals surface area contributed by atoms with Crippen molar-refractivity contribution in [1.29, 1.82) is 0 Å². The number of unbranched alkanes of at least 4 members (excludes halogenated alkanes) is 9. The molecule has 19 heavy (non-hydrogen) atoms. The van der Waals surface area contributed by atoms with E-state index in [4.69, 9.17) is 17.5 Å². The Balaban J connectivity index is -0.000000139. The molecule has 0 fully saturated rings. The van der Waals surface area contributed by atoms with Crippen LogP contribution in [0.1, 0.15) is 78.1 Å². The average molecular weight is 280 g/mol. The maximum absolute atomic E-state index is 8.52. The van der Waals surface area contributed by atoms with Crippen LogP contribution in [0, 0.1) is 0 Å². The number of rotatable bonds is 9. The molecule has 0 rings (SSSR count). The van der Waals surface area contributed by atoms with Gasteiger partial charge in [-0.1, -0.05) is 78.1 Å². The van der Waals surface area contributed by atoms with E-state index in [1.165, 1.54) is 64.2 Å². The molecule has 0 bridgehead atoms. The Kier molecular flexibility index (Phi) is 31.8. The van der Waals surface area contributed by atoms with Gasteiger partial charge in [-0.3, -0.25) is 8.42 Å². The molecule has 0 unspecified atom stereocenters. The van der Waals surface area contributed by atoms with Gasteiger partial charge in [0.1, 0.15) is 0 Å². The minimum atomic E-state index is -5.17. The Bertz CT molecular complexity index is 216. The van der Waals surface area contributed by atoms with Crippen molar-refractivity contribution in [3.8, 4) is 0 Å². The first-order valence-electron chi connectivity index (χ1n) is 6.58. The van der Waals surface area contributed by atoms with Crippen LogP contribution in [0.2, 0.25) is 0 Å². The van der Waals surface area contributed by atoms with Gasteiger partial charge in [0.15, 0.2) is 0 Å². The van der Waals surface area contributed by atoms with Crippen LogP contribution in [-0.2, 0) is 10.4 Å². The molecule has 0 aliphatic heterocycles. The van der Waals surface area contributed by atoms with Gasteiger partial charge in [0, 0.05) is 10.4 Å². The predicted molar refractivity (Wildman–Crippen MR) is 68.0 cm³/mol. The average Bonchev–Trinajstić information content (AvgIpc) is 2.20. The molecule has 0 aromatic heterocycles. The monoisotopic (exact) mass is 280 g/mol. The molecule has 7 heteroatoms. The Morgan fingerprint density at radius 1 is 0.632 bits per heavy atom. The fraction of sp³-hybridized carbons (Fsp3) is 1.00. The van der Waals surface area contributed by atoms with Gasteiger partial charge >= 0.3 is 37.7 Å². The van der Waals surface area contributed by atoms with Crippen molar-refractivity contribution >= 4 is 10.4 Å². The molecule has 4 nitrogen and oxygen atoms in total. The third kappa shape index (κ3) is 54.8. The van der Waals surface area contributed by atoms with Gasteiger partial charge in [-0.05, 0) is 0 Å². The number of hydrogen-bond acceptors (Lipinski definition) is 4. The van der Waals surface area contributed by atoms with Crippen molar-refractivity contribution in [2.75, 3.05) is 0 Å². The van der Waals surface area contributed by atoms with Crippen molar-refractivity contribution in [3.05, 3.63) is 0 Å². The summed E-state index contributed by atoms with van der Waals surface area (Å²) in [6, 6.07) is 0. The summed E-state index contributed by atoms with van der Waals surface area (Å²) in [6.07, 6.45) is 14.4. The van der Waals surface area contributed by atoms with E-state index in [1.54, 1.807) is 0 Å². The molecule has 0 aromatic carbocycles. The number of hydrogen-bond donors (Lipinski definition) is 0. The molecule has 0 aromatic rings. The van der Waals surface area contributed by atoms with Crippen LogP contribution < -0.4 is 37.7 Å². The van der Waals surface area contributed by atoms with Crippen molar-refractivity contribution in [2.24, 2.45) is 0 Å². The molecular formula is C12H26Li2O4S. The van der Waals surface area contributed by atoms with Crippen LogP contribution in [0.5, 0.6) is 0 Å². The summed E-state index contributed by atoms with van der Waals surface area (Å²) >= 11 is 0. The molecule has 0 saturated carbocycles. The van der Waals surface area contributed by atoms with Crippen molar-refractivity contribution in [1.82, 2.24) is 0 Å². The summed E-state index contributed by atoms with van der Waals surface area (Å²) in [6.45, 7) is 4.56. The fourth-order valence-corrected chi connectivity index (χ4v) is 1.56. The van der Waals surface area contributed by atoms with Gasteiger partial charge in [-0.2, -0.15) is 0 Å². The quantitative estimate of drug-likeness (QED) is 0.204. The second-order valence-electron chi connectivity index (χ2n) is 4.24. The van der Waals surface area contributed by atoms with Gasteiger partial charge < -0.3 is 9.11 Å². The van der Waals surface area contributed by atoms with Crippen molar-refractivity contribution in [2.45, 2.75) is 78.1 Å². The van der Waals surface area contributed by atoms with Crippen LogP contribution in [0.4, 0.5) is 0 Å². The van der Waals surface area contributed by atoms with Gasteiger partial charge in [-0.25, -0.2) is 0 Å². The van der Waals surface area contributed by atoms with E-state index in [9.17, 15) is 0 Å². The Morgan fingerprint density at radius 3 is 0.947 bits per heavy atom. The summed E-state index contributed by atoms with van der Waals surface area (Å²) in [7, 11) is -5.17. The van der Waals surface area contributed by atoms with Crippen molar-refractivity contribution in [3.63, 3.8) is 0 Å². The van der Waals surface area contributed by atoms with E-state index >= 15 is 0 Å². The third-order valence-electron chi connectivity index (χ3n) is 2.46. The third-order valence-corrected chi connectivity index (χ3v) is 2.46. The summed E-state index contributed by atoms with van der Waals surface area (Å²) in [5, 5.41) is 0. The topological polar surface area (TPSA) is 80.3 Å². The minimum Gasteiger partial charge on any atom is -0.759 e. The molecule has 0 spiro atoms. The normalized spacial score (nSPS) is 9.68. The second kappa shape index (κ2) is 21.4. The first-order chi connectivity index (χ1) is 7.91. The molecular weight excluding hydrogens is 254 g/mol. The summed E-state index contributed by atoms with van der Waals surface area (Å²) in [5.74, 6) is 0. The summed E-state index contributed by atoms with van der Waals surface area (Å²) < 4.78 is 34.1. The molecule has 0 aliphatic rings. The van der Waals surface area contributed by atoms with E-state index in [2.05, 4.69) is 13.8 Å². The van der Waals surface area contributed by atoms with E-state index in [0.29, 0.717) is 0 Å². The largest absolute Gasteiger partial charge is 1.00 e. The fourth-order valence-electron chi connectivity index (χ4n) is 1.56. The smallest absolute Gasteiger partial charge is 0.759 e. The molecule has 0 aliphatic carbocycles. The zero-order chi connectivity index (χ0) is 13.6. The molecule has 0 atom stereocenters. The summed E-state index contributed by atoms with van der Waals surface area (Å²) in [5.41, 5.74) is 0. The molecule has 106 valence electrons. The first-order valence-corrected chi connectivity index (χ1v) is 7.91. The predicted octanol–water partition coefficient (Wildman–Crippen LogP) is -2.40. The molecule has 0 saturated heterocycles. The van der Waals surface area contributed by atoms with E-state index in [0.717, 1.165) is 0 Å². The minimum absolute atomic E-state index is 0. The van der Waals surface area contributed by atoms with Gasteiger partial charge in [0.2, 0.25) is 0 Å². The summed E-state index contributed by atoms with van der Waals surface area (Å²) in [4.78, 5) is 0. The maximum Gasteiger partial charge on any atom is 1.00 e. The Hall–Kier alpha value is 1.06. The van der Waals surface area contributed by atoms with Crippen LogP contribution in [0.15, 0.2) is 0 Å². The van der Waals surface area contributed by atoms with Gasteiger partial charge in [-0.15, -0.1) is 0 Å². The van der Waals surface area contributed by atoms with E-state index in [1.807, 2.05) is 0 Å². The van der Waals surface area contributed by atoms with Crippen LogP contribution >= 0.6 is 0 Å². The standard InChI is InChI=1S/C12H26.2Li.H2O4S/c1-3-5-7-9-11-12-10-8-6-4-2;;;1-5(2,3)4/h3-12H2,1-2H3;;;(H2,1,2,3,4)/q;2*+1;/p-2.